The van der Waals surface area contributed by atoms with Crippen molar-refractivity contribution in [3.63, 3.8) is 0 Å². The van der Waals surface area contributed by atoms with Gasteiger partial charge in [0.25, 0.3) is 0 Å². The molecule has 158 valence electrons. The maximum Gasteiger partial charge on any atom is 0.335 e. The van der Waals surface area contributed by atoms with Crippen molar-refractivity contribution in [2.45, 2.75) is 6.54 Å². The molecule has 0 spiro atoms. The number of para-hydroxylation sites is 1. The first kappa shape index (κ1) is 20.3. The summed E-state index contributed by atoms with van der Waals surface area (Å²) in [6.45, 7) is 0.713. The average Bonchev–Trinajstić information content (AvgIpc) is 3.20. The number of rotatable bonds is 5. The van der Waals surface area contributed by atoms with Crippen LogP contribution in [0.3, 0.4) is 0 Å². The lowest BCUT2D eigenvalue weighted by Crippen LogP contribution is -1.98. The molecule has 33 heavy (non-hydrogen) atoms. The Labute approximate surface area is 191 Å². The fourth-order valence-corrected chi connectivity index (χ4v) is 4.26. The summed E-state index contributed by atoms with van der Waals surface area (Å²) in [5, 5.41) is 22.4. The number of hydrogen-bond donors (Lipinski definition) is 1. The predicted octanol–water partition coefficient (Wildman–Crippen LogP) is 6.61. The minimum Gasteiger partial charge on any atom is -0.478 e. The number of benzene rings is 4. The van der Waals surface area contributed by atoms with Gasteiger partial charge in [0.2, 0.25) is 0 Å². The molecule has 0 amide bonds. The Morgan fingerprint density at radius 3 is 2.27 bits per heavy atom. The van der Waals surface area contributed by atoms with E-state index < -0.39 is 5.97 Å². The van der Waals surface area contributed by atoms with Gasteiger partial charge in [-0.1, -0.05) is 72.8 Å². The van der Waals surface area contributed by atoms with Gasteiger partial charge in [0, 0.05) is 29.2 Å². The zero-order valence-electron chi connectivity index (χ0n) is 17.8. The summed E-state index contributed by atoms with van der Waals surface area (Å²) in [6.07, 6.45) is 3.95. The monoisotopic (exact) mass is 428 g/mol. The second kappa shape index (κ2) is 8.49. The van der Waals surface area contributed by atoms with Crippen LogP contribution in [0.4, 0.5) is 0 Å². The fourth-order valence-electron chi connectivity index (χ4n) is 4.26. The van der Waals surface area contributed by atoms with Crippen molar-refractivity contribution in [1.29, 1.82) is 5.26 Å². The van der Waals surface area contributed by atoms with E-state index in [1.165, 1.54) is 28.5 Å². The lowest BCUT2D eigenvalue weighted by molar-refractivity contribution is 0.0697. The Bertz CT molecular complexity index is 1560. The number of fused-ring (bicyclic) bond motifs is 2. The molecule has 0 aliphatic carbocycles. The Hall–Kier alpha value is -4.62. The maximum atomic E-state index is 11.1. The van der Waals surface area contributed by atoms with Gasteiger partial charge >= 0.3 is 5.97 Å². The molecule has 0 aliphatic rings. The molecule has 0 bridgehead atoms. The number of aromatic nitrogens is 1. The summed E-state index contributed by atoms with van der Waals surface area (Å²) in [5.74, 6) is -0.986. The topological polar surface area (TPSA) is 66.0 Å². The number of carboxylic acids is 1. The Balaban J connectivity index is 1.58. The standard InChI is InChI=1S/C29H20N2O2/c30-17-24(20-12-14-22(15-13-20)29(32)33)16-25-19-31(28-11-4-3-10-27(25)28)18-23-8-5-7-21-6-1-2-9-26(21)23/h1-16,19H,18H2,(H,32,33)/b24-16-. The molecule has 0 saturated carbocycles. The second-order valence-electron chi connectivity index (χ2n) is 7.92. The van der Waals surface area contributed by atoms with E-state index in [1.807, 2.05) is 24.3 Å². The number of aromatic carboxylic acids is 1. The third-order valence-corrected chi connectivity index (χ3v) is 5.90. The number of allylic oxidation sites excluding steroid dienone is 1. The molecule has 0 saturated heterocycles. The van der Waals surface area contributed by atoms with Gasteiger partial charge in [-0.15, -0.1) is 0 Å². The van der Waals surface area contributed by atoms with Gasteiger partial charge in [-0.05, 0) is 46.2 Å². The minimum atomic E-state index is -0.986. The summed E-state index contributed by atoms with van der Waals surface area (Å²) >= 11 is 0. The van der Waals surface area contributed by atoms with E-state index in [2.05, 4.69) is 65.4 Å². The fraction of sp³-hybridized carbons (Fsp3) is 0.0345. The highest BCUT2D eigenvalue weighted by Crippen LogP contribution is 2.28. The van der Waals surface area contributed by atoms with Crippen LogP contribution in [-0.4, -0.2) is 15.6 Å². The third kappa shape index (κ3) is 3.88. The first-order chi connectivity index (χ1) is 16.1. The molecule has 5 aromatic rings. The van der Waals surface area contributed by atoms with Gasteiger partial charge in [0.15, 0.2) is 0 Å². The van der Waals surface area contributed by atoms with Crippen LogP contribution in [-0.2, 0) is 6.54 Å². The normalized spacial score (nSPS) is 11.5. The van der Waals surface area contributed by atoms with Gasteiger partial charge in [-0.25, -0.2) is 4.79 Å². The predicted molar refractivity (Wildman–Crippen MR) is 132 cm³/mol. The molecule has 4 aromatic carbocycles. The van der Waals surface area contributed by atoms with Crippen molar-refractivity contribution >= 4 is 39.3 Å². The van der Waals surface area contributed by atoms with Gasteiger partial charge in [0.1, 0.15) is 0 Å². The maximum absolute atomic E-state index is 11.1. The largest absolute Gasteiger partial charge is 0.478 e. The molecule has 1 aromatic heterocycles. The number of carboxylic acid groups (broad SMARTS) is 1. The zero-order chi connectivity index (χ0) is 22.8. The van der Waals surface area contributed by atoms with Crippen LogP contribution in [0.2, 0.25) is 0 Å². The Kier molecular flexibility index (Phi) is 5.22. The first-order valence-electron chi connectivity index (χ1n) is 10.6. The molecule has 4 nitrogen and oxygen atoms in total. The highest BCUT2D eigenvalue weighted by atomic mass is 16.4. The first-order valence-corrected chi connectivity index (χ1v) is 10.6. The summed E-state index contributed by atoms with van der Waals surface area (Å²) in [6, 6.07) is 31.5. The zero-order valence-corrected chi connectivity index (χ0v) is 17.8. The minimum absolute atomic E-state index is 0.197. The molecule has 0 unspecified atom stereocenters. The van der Waals surface area contributed by atoms with E-state index >= 15 is 0 Å². The number of nitrogens with zero attached hydrogens (tertiary/aromatic N) is 2. The molecule has 0 aliphatic heterocycles. The van der Waals surface area contributed by atoms with Crippen LogP contribution in [0.25, 0.3) is 33.3 Å². The van der Waals surface area contributed by atoms with Crippen molar-refractivity contribution in [3.05, 3.63) is 119 Å². The van der Waals surface area contributed by atoms with Crippen LogP contribution in [0.5, 0.6) is 0 Å². The van der Waals surface area contributed by atoms with Crippen LogP contribution in [0.1, 0.15) is 27.0 Å². The molecule has 0 atom stereocenters. The van der Waals surface area contributed by atoms with Crippen LogP contribution in [0, 0.1) is 11.3 Å². The second-order valence-corrected chi connectivity index (χ2v) is 7.92. The summed E-state index contributed by atoms with van der Waals surface area (Å²) in [7, 11) is 0. The molecule has 1 N–H and O–H groups in total. The number of nitriles is 1. The van der Waals surface area contributed by atoms with Gasteiger partial charge < -0.3 is 9.67 Å². The van der Waals surface area contributed by atoms with Gasteiger partial charge in [0.05, 0.1) is 17.2 Å². The van der Waals surface area contributed by atoms with Crippen LogP contribution >= 0.6 is 0 Å². The van der Waals surface area contributed by atoms with Gasteiger partial charge in [-0.3, -0.25) is 0 Å². The molecule has 4 heteroatoms. The SMILES string of the molecule is N#C/C(=C/c1cn(Cc2cccc3ccccc23)c2ccccc12)c1ccc(C(=O)O)cc1. The Morgan fingerprint density at radius 2 is 1.52 bits per heavy atom. The van der Waals surface area contributed by atoms with Crippen LogP contribution < -0.4 is 0 Å². The van der Waals surface area contributed by atoms with E-state index in [-0.39, 0.29) is 5.56 Å². The number of hydrogen-bond acceptors (Lipinski definition) is 2. The molecule has 0 fully saturated rings. The highest BCUT2D eigenvalue weighted by Gasteiger charge is 2.11. The van der Waals surface area contributed by atoms with E-state index in [0.717, 1.165) is 16.5 Å². The molecule has 5 rings (SSSR count). The van der Waals surface area contributed by atoms with E-state index in [1.54, 1.807) is 12.1 Å². The molecule has 1 heterocycles. The van der Waals surface area contributed by atoms with Crippen molar-refractivity contribution in [3.8, 4) is 6.07 Å². The van der Waals surface area contributed by atoms with E-state index in [0.29, 0.717) is 17.7 Å². The number of carbonyl (C=O) groups is 1. The van der Waals surface area contributed by atoms with E-state index in [4.69, 9.17) is 5.11 Å². The lowest BCUT2D eigenvalue weighted by atomic mass is 10.0. The lowest BCUT2D eigenvalue weighted by Gasteiger charge is -2.09. The quantitative estimate of drug-likeness (QED) is 0.321. The van der Waals surface area contributed by atoms with Crippen LogP contribution in [0.15, 0.2) is 97.2 Å². The van der Waals surface area contributed by atoms with Gasteiger partial charge in [-0.2, -0.15) is 5.26 Å². The summed E-state index contributed by atoms with van der Waals surface area (Å²) in [5.41, 5.74) is 4.64. The van der Waals surface area contributed by atoms with E-state index in [9.17, 15) is 10.1 Å². The highest BCUT2D eigenvalue weighted by molar-refractivity contribution is 5.98. The van der Waals surface area contributed by atoms with Crippen molar-refractivity contribution < 1.29 is 9.90 Å². The smallest absolute Gasteiger partial charge is 0.335 e. The van der Waals surface area contributed by atoms with Crippen molar-refractivity contribution in [1.82, 2.24) is 4.57 Å². The molecule has 0 radical (unpaired) electrons. The summed E-state index contributed by atoms with van der Waals surface area (Å²) < 4.78 is 2.21. The van der Waals surface area contributed by atoms with Crippen molar-refractivity contribution in [2.75, 3.05) is 0 Å². The third-order valence-electron chi connectivity index (χ3n) is 5.90. The Morgan fingerprint density at radius 1 is 0.848 bits per heavy atom. The average molecular weight is 428 g/mol. The summed E-state index contributed by atoms with van der Waals surface area (Å²) in [4.78, 5) is 11.1. The molecular weight excluding hydrogens is 408 g/mol. The molecular formula is C29H20N2O2. The van der Waals surface area contributed by atoms with Crippen molar-refractivity contribution in [2.24, 2.45) is 0 Å².